The number of rotatable bonds is 4. The lowest BCUT2D eigenvalue weighted by Crippen LogP contribution is -2.01. The lowest BCUT2D eigenvalue weighted by Gasteiger charge is -2.08. The van der Waals surface area contributed by atoms with E-state index in [0.29, 0.717) is 0 Å². The fraction of sp³-hybridized carbons (Fsp3) is 0.214. The number of nitrogens with two attached hydrogens (primary N) is 1. The average Bonchev–Trinajstić information content (AvgIpc) is 3.06. The lowest BCUT2D eigenvalue weighted by molar-refractivity contribution is 1.19. The van der Waals surface area contributed by atoms with Crippen molar-refractivity contribution in [3.63, 3.8) is 0 Å². The summed E-state index contributed by atoms with van der Waals surface area (Å²) in [6.45, 7) is 2.99. The molecule has 3 aromatic rings. The van der Waals surface area contributed by atoms with Crippen LogP contribution in [0, 0.1) is 0 Å². The lowest BCUT2D eigenvalue weighted by atomic mass is 10.2. The van der Waals surface area contributed by atoms with E-state index in [-0.39, 0.29) is 0 Å². The van der Waals surface area contributed by atoms with Gasteiger partial charge in [0.1, 0.15) is 5.52 Å². The molecule has 2 heterocycles. The molecule has 0 unspecified atom stereocenters. The largest absolute Gasteiger partial charge is 0.395 e. The SMILES string of the molecule is CCc1ccc(CNc2ccc3scnc3c2N)s1. The van der Waals surface area contributed by atoms with Crippen LogP contribution >= 0.6 is 22.7 Å². The van der Waals surface area contributed by atoms with Gasteiger partial charge in [0, 0.05) is 16.3 Å². The Morgan fingerprint density at radius 2 is 2.05 bits per heavy atom. The number of hydrogen-bond acceptors (Lipinski definition) is 5. The molecule has 0 fully saturated rings. The number of aromatic nitrogens is 1. The number of thiophene rings is 1. The minimum absolute atomic E-state index is 0.742. The van der Waals surface area contributed by atoms with E-state index in [1.165, 1.54) is 9.75 Å². The molecule has 0 aliphatic carbocycles. The Hall–Kier alpha value is -1.59. The van der Waals surface area contributed by atoms with Gasteiger partial charge < -0.3 is 11.1 Å². The highest BCUT2D eigenvalue weighted by molar-refractivity contribution is 7.16. The third-order valence-corrected chi connectivity index (χ3v) is 5.08. The van der Waals surface area contributed by atoms with Crippen LogP contribution in [0.1, 0.15) is 16.7 Å². The molecule has 5 heteroatoms. The van der Waals surface area contributed by atoms with Gasteiger partial charge in [-0.3, -0.25) is 0 Å². The van der Waals surface area contributed by atoms with Crippen molar-refractivity contribution in [2.75, 3.05) is 11.1 Å². The van der Waals surface area contributed by atoms with Crippen molar-refractivity contribution in [3.8, 4) is 0 Å². The number of nitrogens with zero attached hydrogens (tertiary/aromatic N) is 1. The van der Waals surface area contributed by atoms with E-state index < -0.39 is 0 Å². The predicted octanol–water partition coefficient (Wildman–Crippen LogP) is 4.11. The molecule has 0 radical (unpaired) electrons. The molecule has 0 spiro atoms. The molecule has 0 saturated heterocycles. The number of thiazole rings is 1. The first-order chi connectivity index (χ1) is 9.28. The molecule has 0 aliphatic rings. The molecule has 3 rings (SSSR count). The fourth-order valence-corrected chi connectivity index (χ4v) is 3.59. The van der Waals surface area contributed by atoms with Gasteiger partial charge in [-0.1, -0.05) is 6.92 Å². The predicted molar refractivity (Wildman–Crippen MR) is 85.1 cm³/mol. The third-order valence-electron chi connectivity index (χ3n) is 3.06. The van der Waals surface area contributed by atoms with E-state index in [1.807, 2.05) is 22.9 Å². The van der Waals surface area contributed by atoms with Crippen LogP contribution in [0.4, 0.5) is 11.4 Å². The topological polar surface area (TPSA) is 50.9 Å². The maximum absolute atomic E-state index is 6.14. The first kappa shape index (κ1) is 12.4. The average molecular weight is 289 g/mol. The van der Waals surface area contributed by atoms with E-state index in [1.54, 1.807) is 11.3 Å². The zero-order chi connectivity index (χ0) is 13.2. The zero-order valence-corrected chi connectivity index (χ0v) is 12.3. The first-order valence-corrected chi connectivity index (χ1v) is 7.90. The summed E-state index contributed by atoms with van der Waals surface area (Å²) in [5, 5.41) is 3.40. The van der Waals surface area contributed by atoms with Crippen LogP contribution in [0.15, 0.2) is 29.8 Å². The monoisotopic (exact) mass is 289 g/mol. The molecule has 0 amide bonds. The quantitative estimate of drug-likeness (QED) is 0.710. The maximum atomic E-state index is 6.14. The van der Waals surface area contributed by atoms with Crippen molar-refractivity contribution >= 4 is 44.3 Å². The Balaban J connectivity index is 1.79. The minimum atomic E-state index is 0.742. The van der Waals surface area contributed by atoms with Gasteiger partial charge in [0.2, 0.25) is 0 Å². The summed E-state index contributed by atoms with van der Waals surface area (Å²) in [4.78, 5) is 7.05. The molecule has 2 aromatic heterocycles. The van der Waals surface area contributed by atoms with E-state index >= 15 is 0 Å². The second kappa shape index (κ2) is 5.19. The summed E-state index contributed by atoms with van der Waals surface area (Å²) >= 11 is 3.46. The summed E-state index contributed by atoms with van der Waals surface area (Å²) in [5.41, 5.74) is 10.6. The number of nitrogen functional groups attached to an aromatic ring is 1. The Morgan fingerprint density at radius 1 is 1.21 bits per heavy atom. The summed E-state index contributed by atoms with van der Waals surface area (Å²) < 4.78 is 1.13. The molecule has 0 atom stereocenters. The summed E-state index contributed by atoms with van der Waals surface area (Å²) in [6.07, 6.45) is 1.09. The highest BCUT2D eigenvalue weighted by Gasteiger charge is 2.07. The van der Waals surface area contributed by atoms with Gasteiger partial charge in [0.15, 0.2) is 0 Å². The second-order valence-corrected chi connectivity index (χ2v) is 6.44. The maximum Gasteiger partial charge on any atom is 0.106 e. The Morgan fingerprint density at radius 3 is 2.84 bits per heavy atom. The summed E-state index contributed by atoms with van der Waals surface area (Å²) in [7, 11) is 0. The van der Waals surface area contributed by atoms with Crippen LogP contribution < -0.4 is 11.1 Å². The van der Waals surface area contributed by atoms with Crippen LogP contribution in [0.5, 0.6) is 0 Å². The van der Waals surface area contributed by atoms with Gasteiger partial charge in [-0.05, 0) is 30.7 Å². The standard InChI is InChI=1S/C14H15N3S2/c1-2-9-3-4-10(19-9)7-16-11-5-6-12-14(13(11)15)17-8-18-12/h3-6,8,16H,2,7,15H2,1H3. The fourth-order valence-electron chi connectivity index (χ4n) is 2.00. The van der Waals surface area contributed by atoms with Crippen molar-refractivity contribution in [1.82, 2.24) is 4.98 Å². The van der Waals surface area contributed by atoms with Crippen LogP contribution in [0.2, 0.25) is 0 Å². The van der Waals surface area contributed by atoms with Crippen molar-refractivity contribution in [2.45, 2.75) is 19.9 Å². The number of benzene rings is 1. The third kappa shape index (κ3) is 2.43. The van der Waals surface area contributed by atoms with E-state index in [0.717, 1.165) is 34.6 Å². The normalized spacial score (nSPS) is 11.0. The molecule has 0 bridgehead atoms. The highest BCUT2D eigenvalue weighted by atomic mass is 32.1. The van der Waals surface area contributed by atoms with Gasteiger partial charge in [-0.25, -0.2) is 4.98 Å². The number of fused-ring (bicyclic) bond motifs is 1. The molecule has 3 N–H and O–H groups in total. The highest BCUT2D eigenvalue weighted by Crippen LogP contribution is 2.30. The van der Waals surface area contributed by atoms with Gasteiger partial charge in [-0.15, -0.1) is 22.7 Å². The van der Waals surface area contributed by atoms with Crippen molar-refractivity contribution in [2.24, 2.45) is 0 Å². The Bertz CT molecular complexity index is 700. The van der Waals surface area contributed by atoms with Crippen molar-refractivity contribution in [3.05, 3.63) is 39.5 Å². The van der Waals surface area contributed by atoms with Crippen LogP contribution in [-0.4, -0.2) is 4.98 Å². The van der Waals surface area contributed by atoms with Gasteiger partial charge in [0.25, 0.3) is 0 Å². The second-order valence-electron chi connectivity index (χ2n) is 4.30. The smallest absolute Gasteiger partial charge is 0.106 e. The van der Waals surface area contributed by atoms with Crippen LogP contribution in [0.25, 0.3) is 10.2 Å². The van der Waals surface area contributed by atoms with Crippen molar-refractivity contribution < 1.29 is 0 Å². The number of anilines is 2. The number of hydrogen-bond donors (Lipinski definition) is 2. The molecule has 1 aromatic carbocycles. The number of nitrogens with one attached hydrogen (secondary N) is 1. The van der Waals surface area contributed by atoms with E-state index in [9.17, 15) is 0 Å². The molecular weight excluding hydrogens is 274 g/mol. The van der Waals surface area contributed by atoms with Gasteiger partial charge >= 0.3 is 0 Å². The molecular formula is C14H15N3S2. The molecule has 19 heavy (non-hydrogen) atoms. The van der Waals surface area contributed by atoms with Crippen LogP contribution in [-0.2, 0) is 13.0 Å². The summed E-state index contributed by atoms with van der Waals surface area (Å²) in [6, 6.07) is 8.46. The molecule has 0 aliphatic heterocycles. The zero-order valence-electron chi connectivity index (χ0n) is 10.6. The van der Waals surface area contributed by atoms with E-state index in [4.69, 9.17) is 5.73 Å². The molecule has 3 nitrogen and oxygen atoms in total. The Labute approximate surface area is 120 Å². The molecule has 98 valence electrons. The van der Waals surface area contributed by atoms with Crippen molar-refractivity contribution in [1.29, 1.82) is 0 Å². The Kier molecular flexibility index (Phi) is 3.40. The summed E-state index contributed by atoms with van der Waals surface area (Å²) in [5.74, 6) is 0. The minimum Gasteiger partial charge on any atom is -0.395 e. The van der Waals surface area contributed by atoms with Crippen LogP contribution in [0.3, 0.4) is 0 Å². The number of aryl methyl sites for hydroxylation is 1. The van der Waals surface area contributed by atoms with E-state index in [2.05, 4.69) is 35.4 Å². The first-order valence-electron chi connectivity index (χ1n) is 6.21. The molecule has 0 saturated carbocycles. The van der Waals surface area contributed by atoms with Gasteiger partial charge in [0.05, 0.1) is 21.6 Å². The van der Waals surface area contributed by atoms with Gasteiger partial charge in [-0.2, -0.15) is 0 Å².